The molecule has 4 heteroatoms. The van der Waals surface area contributed by atoms with Gasteiger partial charge in [0.2, 0.25) is 0 Å². The largest absolute Gasteiger partial charge is 0.413 e. The Morgan fingerprint density at radius 3 is 1.92 bits per heavy atom. The normalized spacial score (nSPS) is 18.8. The van der Waals surface area contributed by atoms with Gasteiger partial charge in [-0.2, -0.15) is 0 Å². The van der Waals surface area contributed by atoms with Crippen LogP contribution < -0.4 is 0 Å². The zero-order valence-corrected chi connectivity index (χ0v) is 19.5. The maximum absolute atomic E-state index is 11.1. The summed E-state index contributed by atoms with van der Waals surface area (Å²) in [5.41, 5.74) is 0.872. The zero-order chi connectivity index (χ0) is 19.8. The van der Waals surface area contributed by atoms with Crippen molar-refractivity contribution in [2.75, 3.05) is 7.11 Å². The minimum absolute atomic E-state index is 0.0613. The van der Waals surface area contributed by atoms with E-state index in [1.807, 2.05) is 6.92 Å². The molecule has 150 valence electrons. The fraction of sp³-hybridized carbons (Fsp3) is 0.905. The van der Waals surface area contributed by atoms with Crippen molar-refractivity contribution >= 4 is 8.32 Å². The third kappa shape index (κ3) is 6.49. The van der Waals surface area contributed by atoms with Crippen LogP contribution in [-0.4, -0.2) is 38.8 Å². The molecule has 4 atom stereocenters. The molecule has 0 rings (SSSR count). The SMILES string of the molecule is CCC(O[Si](CC)(CC)CC)C(C)(C)[C@@H](O)[C@@H](C)/C=C(\C)[C@H](C)OC. The summed E-state index contributed by atoms with van der Waals surface area (Å²) in [5, 5.41) is 11.1. The van der Waals surface area contributed by atoms with Crippen LogP contribution in [0, 0.1) is 11.3 Å². The van der Waals surface area contributed by atoms with E-state index in [1.165, 1.54) is 5.57 Å². The highest BCUT2D eigenvalue weighted by Gasteiger charge is 2.42. The lowest BCUT2D eigenvalue weighted by Crippen LogP contribution is -2.50. The van der Waals surface area contributed by atoms with Gasteiger partial charge in [-0.05, 0) is 44.0 Å². The summed E-state index contributed by atoms with van der Waals surface area (Å²) in [7, 11) is 0.0266. The molecular formula is C21H44O3Si. The molecule has 0 bridgehead atoms. The highest BCUT2D eigenvalue weighted by Crippen LogP contribution is 2.38. The molecule has 0 saturated heterocycles. The third-order valence-corrected chi connectivity index (χ3v) is 11.0. The highest BCUT2D eigenvalue weighted by atomic mass is 28.4. The molecule has 1 N–H and O–H groups in total. The molecule has 0 radical (unpaired) electrons. The van der Waals surface area contributed by atoms with E-state index in [1.54, 1.807) is 7.11 Å². The van der Waals surface area contributed by atoms with Crippen LogP contribution in [0.4, 0.5) is 0 Å². The van der Waals surface area contributed by atoms with Crippen LogP contribution in [0.2, 0.25) is 18.1 Å². The van der Waals surface area contributed by atoms with Gasteiger partial charge < -0.3 is 14.3 Å². The molecule has 0 heterocycles. The summed E-state index contributed by atoms with van der Waals surface area (Å²) < 4.78 is 12.2. The smallest absolute Gasteiger partial charge is 0.192 e. The third-order valence-electron chi connectivity index (χ3n) is 6.31. The molecule has 0 aromatic rings. The van der Waals surface area contributed by atoms with Gasteiger partial charge in [0.15, 0.2) is 8.32 Å². The van der Waals surface area contributed by atoms with Crippen molar-refractivity contribution in [2.24, 2.45) is 11.3 Å². The van der Waals surface area contributed by atoms with Crippen molar-refractivity contribution in [3.05, 3.63) is 11.6 Å². The summed E-state index contributed by atoms with van der Waals surface area (Å²) in [4.78, 5) is 0. The number of hydrogen-bond acceptors (Lipinski definition) is 3. The first kappa shape index (κ1) is 24.8. The molecule has 3 nitrogen and oxygen atoms in total. The fourth-order valence-corrected chi connectivity index (χ4v) is 6.83. The Bertz CT molecular complexity index is 394. The second-order valence-electron chi connectivity index (χ2n) is 8.17. The van der Waals surface area contributed by atoms with Gasteiger partial charge in [-0.1, -0.05) is 54.5 Å². The summed E-state index contributed by atoms with van der Waals surface area (Å²) in [5.74, 6) is 0.0613. The van der Waals surface area contributed by atoms with E-state index in [0.717, 1.165) is 24.6 Å². The average Bonchev–Trinajstić information content (AvgIpc) is 2.61. The van der Waals surface area contributed by atoms with Gasteiger partial charge in [0.1, 0.15) is 0 Å². The molecule has 0 aliphatic rings. The monoisotopic (exact) mass is 372 g/mol. The minimum Gasteiger partial charge on any atom is -0.413 e. The van der Waals surface area contributed by atoms with Crippen LogP contribution >= 0.6 is 0 Å². The number of ether oxygens (including phenoxy) is 1. The fourth-order valence-electron chi connectivity index (χ4n) is 3.76. The Morgan fingerprint density at radius 1 is 1.08 bits per heavy atom. The predicted molar refractivity (Wildman–Crippen MR) is 112 cm³/mol. The molecule has 0 amide bonds. The Balaban J connectivity index is 5.40. The average molecular weight is 373 g/mol. The lowest BCUT2D eigenvalue weighted by Gasteiger charge is -2.44. The standard InChI is InChI=1S/C21H44O3Si/c1-11-19(24-25(12-2,13-3)14-4)21(8,9)20(22)17(6)15-16(5)18(7)23-10/h15,17-20,22H,11-14H2,1-10H3/b16-15+/t17-,18-,19?,20-/m0/s1. The van der Waals surface area contributed by atoms with Crippen molar-refractivity contribution in [2.45, 2.75) is 105 Å². The van der Waals surface area contributed by atoms with Crippen LogP contribution in [0.5, 0.6) is 0 Å². The second-order valence-corrected chi connectivity index (χ2v) is 12.9. The van der Waals surface area contributed by atoms with Crippen LogP contribution in [0.15, 0.2) is 11.6 Å². The molecule has 0 aliphatic heterocycles. The number of hydrogen-bond donors (Lipinski definition) is 1. The van der Waals surface area contributed by atoms with Gasteiger partial charge in [-0.3, -0.25) is 0 Å². The van der Waals surface area contributed by atoms with Gasteiger partial charge >= 0.3 is 0 Å². The number of aliphatic hydroxyl groups excluding tert-OH is 1. The number of aliphatic hydroxyl groups is 1. The summed E-state index contributed by atoms with van der Waals surface area (Å²) >= 11 is 0. The van der Waals surface area contributed by atoms with Crippen molar-refractivity contribution in [1.29, 1.82) is 0 Å². The first-order valence-corrected chi connectivity index (χ1v) is 12.6. The van der Waals surface area contributed by atoms with Crippen molar-refractivity contribution in [3.63, 3.8) is 0 Å². The quantitative estimate of drug-likeness (QED) is 0.348. The lowest BCUT2D eigenvalue weighted by molar-refractivity contribution is -0.0573. The molecule has 0 fully saturated rings. The molecular weight excluding hydrogens is 328 g/mol. The van der Waals surface area contributed by atoms with Crippen LogP contribution in [-0.2, 0) is 9.16 Å². The zero-order valence-electron chi connectivity index (χ0n) is 18.5. The molecule has 0 aromatic carbocycles. The van der Waals surface area contributed by atoms with E-state index in [0.29, 0.717) is 0 Å². The first-order valence-electron chi connectivity index (χ1n) is 10.1. The van der Waals surface area contributed by atoms with Crippen LogP contribution in [0.1, 0.15) is 68.7 Å². The van der Waals surface area contributed by atoms with Crippen LogP contribution in [0.25, 0.3) is 0 Å². The maximum atomic E-state index is 11.1. The van der Waals surface area contributed by atoms with Gasteiger partial charge in [0.25, 0.3) is 0 Å². The van der Waals surface area contributed by atoms with Crippen molar-refractivity contribution < 1.29 is 14.3 Å². The van der Waals surface area contributed by atoms with E-state index in [2.05, 4.69) is 61.5 Å². The lowest BCUT2D eigenvalue weighted by atomic mass is 9.74. The predicted octanol–water partition coefficient (Wildman–Crippen LogP) is 5.79. The molecule has 0 aromatic heterocycles. The molecule has 25 heavy (non-hydrogen) atoms. The van der Waals surface area contributed by atoms with E-state index in [-0.39, 0.29) is 23.5 Å². The highest BCUT2D eigenvalue weighted by molar-refractivity contribution is 6.73. The van der Waals surface area contributed by atoms with Crippen LogP contribution in [0.3, 0.4) is 0 Å². The Kier molecular flexibility index (Phi) is 10.8. The van der Waals surface area contributed by atoms with E-state index in [9.17, 15) is 5.11 Å². The summed E-state index contributed by atoms with van der Waals surface area (Å²) in [6, 6.07) is 3.42. The summed E-state index contributed by atoms with van der Waals surface area (Å²) in [6.07, 6.45) is 2.80. The number of rotatable bonds is 12. The van der Waals surface area contributed by atoms with Gasteiger partial charge in [0, 0.05) is 18.4 Å². The first-order chi connectivity index (χ1) is 11.5. The molecule has 0 spiro atoms. The molecule has 1 unspecified atom stereocenters. The van der Waals surface area contributed by atoms with Gasteiger partial charge in [-0.25, -0.2) is 0 Å². The van der Waals surface area contributed by atoms with Gasteiger partial charge in [-0.15, -0.1) is 0 Å². The van der Waals surface area contributed by atoms with E-state index >= 15 is 0 Å². The number of methoxy groups -OCH3 is 1. The van der Waals surface area contributed by atoms with Crippen molar-refractivity contribution in [3.8, 4) is 0 Å². The Morgan fingerprint density at radius 2 is 1.56 bits per heavy atom. The molecule has 0 aliphatic carbocycles. The maximum Gasteiger partial charge on any atom is 0.192 e. The second kappa shape index (κ2) is 10.9. The Labute approximate surface area is 158 Å². The van der Waals surface area contributed by atoms with Gasteiger partial charge in [0.05, 0.1) is 18.3 Å². The topological polar surface area (TPSA) is 38.7 Å². The molecule has 0 saturated carbocycles. The Hall–Kier alpha value is -0.163. The summed E-state index contributed by atoms with van der Waals surface area (Å²) in [6.45, 7) is 19.5. The van der Waals surface area contributed by atoms with E-state index in [4.69, 9.17) is 9.16 Å². The van der Waals surface area contributed by atoms with Crippen molar-refractivity contribution in [1.82, 2.24) is 0 Å². The van der Waals surface area contributed by atoms with E-state index < -0.39 is 14.4 Å². The minimum atomic E-state index is -1.69.